The number of benzene rings is 3. The quantitative estimate of drug-likeness (QED) is 0.311. The molecular formula is C25H14F6O2. The minimum Gasteiger partial charge on any atom is -0.406 e. The van der Waals surface area contributed by atoms with Gasteiger partial charge in [-0.3, -0.25) is 0 Å². The van der Waals surface area contributed by atoms with Crippen molar-refractivity contribution < 1.29 is 35.8 Å². The molecule has 0 N–H and O–H groups in total. The molecule has 0 aliphatic rings. The molecule has 0 saturated carbocycles. The fraction of sp³-hybridized carbons (Fsp3) is 0.120. The molecule has 0 bridgehead atoms. The highest BCUT2D eigenvalue weighted by Gasteiger charge is 2.31. The van der Waals surface area contributed by atoms with Crippen LogP contribution in [0.5, 0.6) is 11.5 Å². The third kappa shape index (κ3) is 8.19. The van der Waals surface area contributed by atoms with Gasteiger partial charge in [0.25, 0.3) is 0 Å². The van der Waals surface area contributed by atoms with Crippen LogP contribution in [0.25, 0.3) is 11.1 Å². The molecular weight excluding hydrogens is 446 g/mol. The summed E-state index contributed by atoms with van der Waals surface area (Å²) in [6.07, 6.45) is -9.22. The molecule has 33 heavy (non-hydrogen) atoms. The van der Waals surface area contributed by atoms with Crippen molar-refractivity contribution in [1.29, 1.82) is 0 Å². The topological polar surface area (TPSA) is 18.5 Å². The molecule has 0 radical (unpaired) electrons. The van der Waals surface area contributed by atoms with Gasteiger partial charge in [-0.15, -0.1) is 26.3 Å². The van der Waals surface area contributed by atoms with E-state index in [0.29, 0.717) is 5.56 Å². The first-order chi connectivity index (χ1) is 15.6. The second kappa shape index (κ2) is 10.1. The molecule has 0 saturated heterocycles. The van der Waals surface area contributed by atoms with Gasteiger partial charge in [0, 0.05) is 11.1 Å². The van der Waals surface area contributed by atoms with Crippen molar-refractivity contribution in [3.63, 3.8) is 0 Å². The minimum atomic E-state index is -4.74. The smallest absolute Gasteiger partial charge is 0.406 e. The summed E-state index contributed by atoms with van der Waals surface area (Å²) >= 11 is 0. The summed E-state index contributed by atoms with van der Waals surface area (Å²) in [6, 6.07) is 17.9. The largest absolute Gasteiger partial charge is 0.573 e. The van der Waals surface area contributed by atoms with Crippen LogP contribution in [-0.4, -0.2) is 12.7 Å². The van der Waals surface area contributed by atoms with Gasteiger partial charge in [-0.2, -0.15) is 0 Å². The average Bonchev–Trinajstić information content (AvgIpc) is 2.74. The molecule has 0 aromatic heterocycles. The van der Waals surface area contributed by atoms with Gasteiger partial charge in [0.15, 0.2) is 0 Å². The highest BCUT2D eigenvalue weighted by molar-refractivity contribution is 5.65. The zero-order chi connectivity index (χ0) is 23.9. The van der Waals surface area contributed by atoms with Crippen LogP contribution in [0.3, 0.4) is 0 Å². The number of hydrogen-bond acceptors (Lipinski definition) is 2. The number of alkyl halides is 6. The first-order valence-electron chi connectivity index (χ1n) is 9.37. The van der Waals surface area contributed by atoms with Crippen molar-refractivity contribution in [3.05, 3.63) is 83.9 Å². The second-order valence-electron chi connectivity index (χ2n) is 6.50. The number of ether oxygens (including phenoxy) is 2. The lowest BCUT2D eigenvalue weighted by molar-refractivity contribution is -0.275. The van der Waals surface area contributed by atoms with Crippen molar-refractivity contribution in [2.45, 2.75) is 19.1 Å². The van der Waals surface area contributed by atoms with Gasteiger partial charge in [-0.1, -0.05) is 47.9 Å². The molecule has 2 nitrogen and oxygen atoms in total. The van der Waals surface area contributed by atoms with Crippen molar-refractivity contribution in [2.75, 3.05) is 0 Å². The van der Waals surface area contributed by atoms with E-state index in [-0.39, 0.29) is 17.9 Å². The van der Waals surface area contributed by atoms with Crippen molar-refractivity contribution in [2.24, 2.45) is 0 Å². The molecule has 168 valence electrons. The highest BCUT2D eigenvalue weighted by Crippen LogP contribution is 2.26. The Morgan fingerprint density at radius 3 is 1.24 bits per heavy atom. The fourth-order valence-electron chi connectivity index (χ4n) is 2.67. The molecule has 0 spiro atoms. The Morgan fingerprint density at radius 1 is 0.515 bits per heavy atom. The number of halogens is 6. The van der Waals surface area contributed by atoms with Crippen LogP contribution in [0, 0.1) is 23.7 Å². The first-order valence-corrected chi connectivity index (χ1v) is 9.37. The standard InChI is InChI=1S/C25H14F6O2/c26-24(27,28)32-22-14-8-19(9-15-22)5-3-1-2-4-18-6-10-20(11-7-18)21-12-16-23(17-13-21)33-25(29,30)31/h6-17H,1H2. The maximum atomic E-state index is 12.2. The molecule has 3 aromatic rings. The second-order valence-corrected chi connectivity index (χ2v) is 6.50. The van der Waals surface area contributed by atoms with Gasteiger partial charge in [-0.05, 0) is 59.7 Å². The van der Waals surface area contributed by atoms with E-state index in [4.69, 9.17) is 0 Å². The summed E-state index contributed by atoms with van der Waals surface area (Å²) in [5.74, 6) is 10.8. The predicted octanol–water partition coefficient (Wildman–Crippen LogP) is 6.94. The maximum absolute atomic E-state index is 12.2. The Bertz CT molecular complexity index is 1190. The van der Waals surface area contributed by atoms with E-state index in [1.807, 2.05) is 0 Å². The fourth-order valence-corrected chi connectivity index (χ4v) is 2.67. The summed E-state index contributed by atoms with van der Waals surface area (Å²) in [6.45, 7) is 0. The summed E-state index contributed by atoms with van der Waals surface area (Å²) < 4.78 is 80.7. The Hall–Kier alpha value is -4.04. The van der Waals surface area contributed by atoms with Crippen LogP contribution in [0.2, 0.25) is 0 Å². The van der Waals surface area contributed by atoms with E-state index < -0.39 is 12.7 Å². The SMILES string of the molecule is FC(F)(F)Oc1ccc(C#CCC#Cc2ccc(-c3ccc(OC(F)(F)F)cc3)cc2)cc1. The van der Waals surface area contributed by atoms with Crippen LogP contribution in [0.15, 0.2) is 72.8 Å². The zero-order valence-corrected chi connectivity index (χ0v) is 16.7. The normalized spacial score (nSPS) is 11.0. The lowest BCUT2D eigenvalue weighted by Gasteiger charge is -2.09. The van der Waals surface area contributed by atoms with Crippen LogP contribution < -0.4 is 9.47 Å². The van der Waals surface area contributed by atoms with Crippen molar-refractivity contribution in [1.82, 2.24) is 0 Å². The van der Waals surface area contributed by atoms with Crippen molar-refractivity contribution >= 4 is 0 Å². The predicted molar refractivity (Wildman–Crippen MR) is 110 cm³/mol. The summed E-state index contributed by atoms with van der Waals surface area (Å²) in [5, 5.41) is 0. The van der Waals surface area contributed by atoms with Gasteiger partial charge >= 0.3 is 12.7 Å². The lowest BCUT2D eigenvalue weighted by Crippen LogP contribution is -2.16. The minimum absolute atomic E-state index is 0.253. The van der Waals surface area contributed by atoms with E-state index in [0.717, 1.165) is 16.7 Å². The third-order valence-electron chi connectivity index (χ3n) is 4.04. The molecule has 3 rings (SSSR count). The van der Waals surface area contributed by atoms with Gasteiger partial charge in [0.05, 0.1) is 6.42 Å². The van der Waals surface area contributed by atoms with E-state index in [1.165, 1.54) is 48.5 Å². The Kier molecular flexibility index (Phi) is 7.20. The van der Waals surface area contributed by atoms with Crippen LogP contribution in [-0.2, 0) is 0 Å². The molecule has 0 unspecified atom stereocenters. The molecule has 8 heteroatoms. The summed E-state index contributed by atoms with van der Waals surface area (Å²) in [7, 11) is 0. The lowest BCUT2D eigenvalue weighted by atomic mass is 10.0. The molecule has 0 heterocycles. The van der Waals surface area contributed by atoms with E-state index in [1.54, 1.807) is 24.3 Å². The van der Waals surface area contributed by atoms with Gasteiger partial charge in [0.2, 0.25) is 0 Å². The summed E-state index contributed by atoms with van der Waals surface area (Å²) in [5.41, 5.74) is 2.78. The summed E-state index contributed by atoms with van der Waals surface area (Å²) in [4.78, 5) is 0. The number of rotatable bonds is 3. The Morgan fingerprint density at radius 2 is 0.848 bits per heavy atom. The third-order valence-corrected chi connectivity index (χ3v) is 4.04. The van der Waals surface area contributed by atoms with E-state index in [9.17, 15) is 26.3 Å². The average molecular weight is 460 g/mol. The maximum Gasteiger partial charge on any atom is 0.573 e. The van der Waals surface area contributed by atoms with Crippen LogP contribution >= 0.6 is 0 Å². The van der Waals surface area contributed by atoms with Gasteiger partial charge < -0.3 is 9.47 Å². The van der Waals surface area contributed by atoms with Crippen LogP contribution in [0.1, 0.15) is 17.5 Å². The van der Waals surface area contributed by atoms with Crippen LogP contribution in [0.4, 0.5) is 26.3 Å². The molecule has 3 aromatic carbocycles. The Balaban J connectivity index is 1.55. The van der Waals surface area contributed by atoms with E-state index in [2.05, 4.69) is 33.2 Å². The van der Waals surface area contributed by atoms with Gasteiger partial charge in [-0.25, -0.2) is 0 Å². The molecule has 0 amide bonds. The molecule has 0 aliphatic carbocycles. The Labute approximate surface area is 185 Å². The molecule has 0 aliphatic heterocycles. The monoisotopic (exact) mass is 460 g/mol. The first kappa shape index (κ1) is 23.6. The highest BCUT2D eigenvalue weighted by atomic mass is 19.4. The van der Waals surface area contributed by atoms with E-state index >= 15 is 0 Å². The van der Waals surface area contributed by atoms with Gasteiger partial charge in [0.1, 0.15) is 11.5 Å². The van der Waals surface area contributed by atoms with Crippen molar-refractivity contribution in [3.8, 4) is 46.3 Å². The zero-order valence-electron chi connectivity index (χ0n) is 16.7. The molecule has 0 atom stereocenters. The number of hydrogen-bond donors (Lipinski definition) is 0. The molecule has 0 fully saturated rings.